The van der Waals surface area contributed by atoms with Crippen LogP contribution < -0.4 is 14.8 Å². The lowest BCUT2D eigenvalue weighted by Gasteiger charge is -2.30. The molecule has 0 saturated carbocycles. The lowest BCUT2D eigenvalue weighted by molar-refractivity contribution is -0.143. The van der Waals surface area contributed by atoms with E-state index in [1.54, 1.807) is 12.0 Å². The molecule has 31 heavy (non-hydrogen) atoms. The quantitative estimate of drug-likeness (QED) is 0.589. The van der Waals surface area contributed by atoms with Crippen molar-refractivity contribution in [2.75, 3.05) is 20.3 Å². The van der Waals surface area contributed by atoms with E-state index in [1.807, 2.05) is 70.2 Å². The Kier molecular flexibility index (Phi) is 9.38. The van der Waals surface area contributed by atoms with Crippen molar-refractivity contribution in [1.82, 2.24) is 10.2 Å². The van der Waals surface area contributed by atoms with Crippen LogP contribution in [0.4, 0.5) is 0 Å². The SMILES string of the molecule is CCCNC(=O)C(CC)N(Cc1ccc(OC)cc1)C(=O)COc1ccc(C)c(C)c1. The fourth-order valence-corrected chi connectivity index (χ4v) is 3.24. The maximum Gasteiger partial charge on any atom is 0.261 e. The maximum atomic E-state index is 13.2. The van der Waals surface area contributed by atoms with E-state index in [1.165, 1.54) is 5.56 Å². The van der Waals surface area contributed by atoms with Gasteiger partial charge in [-0.05, 0) is 67.6 Å². The molecule has 0 heterocycles. The zero-order valence-corrected chi connectivity index (χ0v) is 19.2. The molecule has 0 aliphatic carbocycles. The molecule has 0 fully saturated rings. The fraction of sp³-hybridized carbons (Fsp3) is 0.440. The molecule has 2 amide bonds. The number of hydrogen-bond acceptors (Lipinski definition) is 4. The molecular weight excluding hydrogens is 392 g/mol. The molecule has 0 spiro atoms. The molecule has 0 aliphatic heterocycles. The van der Waals surface area contributed by atoms with Gasteiger partial charge in [0.15, 0.2) is 6.61 Å². The van der Waals surface area contributed by atoms with Crippen LogP contribution in [0.2, 0.25) is 0 Å². The van der Waals surface area contributed by atoms with Crippen LogP contribution in [0.25, 0.3) is 0 Å². The van der Waals surface area contributed by atoms with Crippen molar-refractivity contribution in [1.29, 1.82) is 0 Å². The van der Waals surface area contributed by atoms with Crippen LogP contribution in [-0.4, -0.2) is 43.0 Å². The Hall–Kier alpha value is -3.02. The number of amides is 2. The van der Waals surface area contributed by atoms with Crippen molar-refractivity contribution in [2.45, 2.75) is 53.1 Å². The first-order valence-corrected chi connectivity index (χ1v) is 10.8. The minimum atomic E-state index is -0.565. The van der Waals surface area contributed by atoms with Crippen LogP contribution in [0.5, 0.6) is 11.5 Å². The number of carbonyl (C=O) groups is 2. The summed E-state index contributed by atoms with van der Waals surface area (Å²) < 4.78 is 11.0. The van der Waals surface area contributed by atoms with Gasteiger partial charge in [-0.25, -0.2) is 0 Å². The molecule has 2 rings (SSSR count). The standard InChI is InChI=1S/C25H34N2O4/c1-6-14-26-25(29)23(7-2)27(16-20-9-12-21(30-5)13-10-20)24(28)17-31-22-11-8-18(3)19(4)15-22/h8-13,15,23H,6-7,14,16-17H2,1-5H3,(H,26,29). The molecule has 0 bridgehead atoms. The van der Waals surface area contributed by atoms with Gasteiger partial charge in [-0.2, -0.15) is 0 Å². The van der Waals surface area contributed by atoms with Gasteiger partial charge in [0.25, 0.3) is 5.91 Å². The van der Waals surface area contributed by atoms with Crippen LogP contribution >= 0.6 is 0 Å². The number of aryl methyl sites for hydroxylation is 2. The van der Waals surface area contributed by atoms with Crippen molar-refractivity contribution in [3.8, 4) is 11.5 Å². The Morgan fingerprint density at radius 3 is 2.26 bits per heavy atom. The fourth-order valence-electron chi connectivity index (χ4n) is 3.24. The number of carbonyl (C=O) groups excluding carboxylic acids is 2. The Bertz CT molecular complexity index is 864. The van der Waals surface area contributed by atoms with E-state index < -0.39 is 6.04 Å². The lowest BCUT2D eigenvalue weighted by Crippen LogP contribution is -2.50. The van der Waals surface area contributed by atoms with Crippen LogP contribution in [-0.2, 0) is 16.1 Å². The molecule has 0 radical (unpaired) electrons. The van der Waals surface area contributed by atoms with Crippen molar-refractivity contribution in [3.63, 3.8) is 0 Å². The maximum absolute atomic E-state index is 13.2. The smallest absolute Gasteiger partial charge is 0.261 e. The number of ether oxygens (including phenoxy) is 2. The molecule has 0 saturated heterocycles. The van der Waals surface area contributed by atoms with Gasteiger partial charge in [0.2, 0.25) is 5.91 Å². The molecule has 0 aromatic heterocycles. The van der Waals surface area contributed by atoms with Gasteiger partial charge in [-0.1, -0.05) is 32.0 Å². The number of nitrogens with one attached hydrogen (secondary N) is 1. The Morgan fingerprint density at radius 2 is 1.68 bits per heavy atom. The average molecular weight is 427 g/mol. The van der Waals surface area contributed by atoms with Crippen LogP contribution in [0.15, 0.2) is 42.5 Å². The summed E-state index contributed by atoms with van der Waals surface area (Å²) in [5.41, 5.74) is 3.19. The second-order valence-corrected chi connectivity index (χ2v) is 7.62. The largest absolute Gasteiger partial charge is 0.497 e. The molecule has 1 atom stereocenters. The van der Waals surface area contributed by atoms with Crippen LogP contribution in [0.1, 0.15) is 43.4 Å². The van der Waals surface area contributed by atoms with Crippen LogP contribution in [0, 0.1) is 13.8 Å². The second kappa shape index (κ2) is 12.0. The Morgan fingerprint density at radius 1 is 1.00 bits per heavy atom. The first kappa shape index (κ1) is 24.3. The van der Waals surface area contributed by atoms with Crippen molar-refractivity contribution in [3.05, 3.63) is 59.2 Å². The molecule has 2 aromatic carbocycles. The number of methoxy groups -OCH3 is 1. The number of benzene rings is 2. The molecule has 6 nitrogen and oxygen atoms in total. The number of nitrogens with zero attached hydrogens (tertiary/aromatic N) is 1. The van der Waals surface area contributed by atoms with E-state index in [-0.39, 0.29) is 18.4 Å². The summed E-state index contributed by atoms with van der Waals surface area (Å²) in [5.74, 6) is 1.02. The zero-order valence-electron chi connectivity index (χ0n) is 19.2. The van der Waals surface area contributed by atoms with Crippen molar-refractivity contribution in [2.24, 2.45) is 0 Å². The summed E-state index contributed by atoms with van der Waals surface area (Å²) >= 11 is 0. The lowest BCUT2D eigenvalue weighted by atomic mass is 10.1. The van der Waals surface area contributed by atoms with Gasteiger partial charge in [0.05, 0.1) is 7.11 Å². The first-order chi connectivity index (χ1) is 14.9. The van der Waals surface area contributed by atoms with Gasteiger partial charge in [-0.15, -0.1) is 0 Å². The third kappa shape index (κ3) is 7.02. The van der Waals surface area contributed by atoms with E-state index >= 15 is 0 Å². The molecular formula is C25H34N2O4. The highest BCUT2D eigenvalue weighted by Crippen LogP contribution is 2.19. The second-order valence-electron chi connectivity index (χ2n) is 7.62. The molecule has 0 aliphatic rings. The predicted octanol–water partition coefficient (Wildman–Crippen LogP) is 4.02. The van der Waals surface area contributed by atoms with E-state index in [0.717, 1.165) is 23.3 Å². The Balaban J connectivity index is 2.19. The molecule has 2 aromatic rings. The topological polar surface area (TPSA) is 67.9 Å². The number of rotatable bonds is 11. The molecule has 1 unspecified atom stereocenters. The summed E-state index contributed by atoms with van der Waals surface area (Å²) in [4.78, 5) is 27.5. The first-order valence-electron chi connectivity index (χ1n) is 10.8. The summed E-state index contributed by atoms with van der Waals surface area (Å²) in [5, 5.41) is 2.92. The van der Waals surface area contributed by atoms with Crippen molar-refractivity contribution < 1.29 is 19.1 Å². The molecule has 6 heteroatoms. The molecule has 1 N–H and O–H groups in total. The summed E-state index contributed by atoms with van der Waals surface area (Å²) in [6, 6.07) is 12.7. The van der Waals surface area contributed by atoms with Gasteiger partial charge < -0.3 is 19.7 Å². The minimum absolute atomic E-state index is 0.129. The highest BCUT2D eigenvalue weighted by molar-refractivity contribution is 5.88. The summed E-state index contributed by atoms with van der Waals surface area (Å²) in [6.07, 6.45) is 1.35. The van der Waals surface area contributed by atoms with Gasteiger partial charge >= 0.3 is 0 Å². The van der Waals surface area contributed by atoms with Gasteiger partial charge in [0.1, 0.15) is 17.5 Å². The van der Waals surface area contributed by atoms with Gasteiger partial charge in [-0.3, -0.25) is 9.59 Å². The van der Waals surface area contributed by atoms with Gasteiger partial charge in [0, 0.05) is 13.1 Å². The van der Waals surface area contributed by atoms with E-state index in [9.17, 15) is 9.59 Å². The highest BCUT2D eigenvalue weighted by Gasteiger charge is 2.28. The average Bonchev–Trinajstić information content (AvgIpc) is 2.78. The highest BCUT2D eigenvalue weighted by atomic mass is 16.5. The predicted molar refractivity (Wildman–Crippen MR) is 122 cm³/mol. The monoisotopic (exact) mass is 426 g/mol. The third-order valence-corrected chi connectivity index (χ3v) is 5.29. The summed E-state index contributed by atoms with van der Waals surface area (Å²) in [7, 11) is 1.61. The normalized spacial score (nSPS) is 11.5. The number of hydrogen-bond donors (Lipinski definition) is 1. The molecule has 168 valence electrons. The van der Waals surface area contributed by atoms with Crippen molar-refractivity contribution >= 4 is 11.8 Å². The van der Waals surface area contributed by atoms with E-state index in [0.29, 0.717) is 25.3 Å². The minimum Gasteiger partial charge on any atom is -0.497 e. The van der Waals surface area contributed by atoms with E-state index in [4.69, 9.17) is 9.47 Å². The summed E-state index contributed by atoms with van der Waals surface area (Å²) in [6.45, 7) is 8.72. The zero-order chi connectivity index (χ0) is 22.8. The van der Waals surface area contributed by atoms with Crippen LogP contribution in [0.3, 0.4) is 0 Å². The van der Waals surface area contributed by atoms with E-state index in [2.05, 4.69) is 5.32 Å². The Labute approximate surface area is 185 Å². The third-order valence-electron chi connectivity index (χ3n) is 5.29.